The summed E-state index contributed by atoms with van der Waals surface area (Å²) in [5.41, 5.74) is 4.48. The Morgan fingerprint density at radius 1 is 1.09 bits per heavy atom. The number of hydrogen-bond donors (Lipinski definition) is 3. The summed E-state index contributed by atoms with van der Waals surface area (Å²) in [5.74, 6) is -1.45. The summed E-state index contributed by atoms with van der Waals surface area (Å²) in [4.78, 5) is 35.2. The Kier molecular flexibility index (Phi) is 6.91. The molecule has 176 valence electrons. The number of rotatable bonds is 9. The summed E-state index contributed by atoms with van der Waals surface area (Å²) in [6, 6.07) is 17.4. The highest BCUT2D eigenvalue weighted by Gasteiger charge is 2.29. The van der Waals surface area contributed by atoms with Gasteiger partial charge in [-0.15, -0.1) is 0 Å². The van der Waals surface area contributed by atoms with Crippen molar-refractivity contribution in [2.45, 2.75) is 25.7 Å². The van der Waals surface area contributed by atoms with Gasteiger partial charge >= 0.3 is 12.1 Å². The average Bonchev–Trinajstić information content (AvgIpc) is 3.42. The molecule has 2 amide bonds. The van der Waals surface area contributed by atoms with Crippen LogP contribution >= 0.6 is 0 Å². The molecule has 1 aromatic heterocycles. The van der Waals surface area contributed by atoms with Gasteiger partial charge in [0.05, 0.1) is 0 Å². The largest absolute Gasteiger partial charge is 0.481 e. The van der Waals surface area contributed by atoms with Gasteiger partial charge in [-0.3, -0.25) is 14.9 Å². The summed E-state index contributed by atoms with van der Waals surface area (Å²) in [6.45, 7) is 2.29. The van der Waals surface area contributed by atoms with Crippen LogP contribution < -0.4 is 10.6 Å². The Bertz CT molecular complexity index is 1160. The fraction of sp³-hybridized carbons (Fsp3) is 0.280. The summed E-state index contributed by atoms with van der Waals surface area (Å²) < 4.78 is 10.5. The Labute approximate surface area is 196 Å². The van der Waals surface area contributed by atoms with Crippen molar-refractivity contribution < 1.29 is 28.8 Å². The highest BCUT2D eigenvalue weighted by Crippen LogP contribution is 2.44. The molecule has 1 atom stereocenters. The maximum absolute atomic E-state index is 12.3. The summed E-state index contributed by atoms with van der Waals surface area (Å²) in [5, 5.41) is 17.5. The second kappa shape index (κ2) is 10.2. The number of amides is 2. The van der Waals surface area contributed by atoms with Crippen molar-refractivity contribution in [2.24, 2.45) is 5.92 Å². The summed E-state index contributed by atoms with van der Waals surface area (Å²) in [6.07, 6.45) is -0.231. The summed E-state index contributed by atoms with van der Waals surface area (Å²) in [7, 11) is 0. The van der Waals surface area contributed by atoms with E-state index >= 15 is 0 Å². The lowest BCUT2D eigenvalue weighted by atomic mass is 9.98. The molecule has 0 saturated carbocycles. The topological polar surface area (TPSA) is 131 Å². The molecule has 3 aromatic rings. The molecule has 9 heteroatoms. The van der Waals surface area contributed by atoms with Crippen LogP contribution in [0.3, 0.4) is 0 Å². The number of hydrogen-bond acceptors (Lipinski definition) is 6. The van der Waals surface area contributed by atoms with E-state index in [1.54, 1.807) is 0 Å². The van der Waals surface area contributed by atoms with Crippen LogP contribution in [0.2, 0.25) is 0 Å². The number of carboxylic acids is 1. The molecule has 1 aliphatic carbocycles. The summed E-state index contributed by atoms with van der Waals surface area (Å²) >= 11 is 0. The minimum atomic E-state index is -0.876. The molecule has 0 radical (unpaired) electrons. The number of carbonyl (C=O) groups excluding carboxylic acids is 2. The molecule has 0 saturated heterocycles. The second-order valence-corrected chi connectivity index (χ2v) is 8.27. The Hall–Kier alpha value is -4.14. The Balaban J connectivity index is 1.29. The fourth-order valence-corrected chi connectivity index (χ4v) is 4.01. The smallest absolute Gasteiger partial charge is 0.414 e. The number of carbonyl (C=O) groups is 3. The van der Waals surface area contributed by atoms with Gasteiger partial charge in [-0.2, -0.15) is 0 Å². The van der Waals surface area contributed by atoms with Gasteiger partial charge in [-0.1, -0.05) is 60.6 Å². The van der Waals surface area contributed by atoms with Crippen LogP contribution in [-0.2, 0) is 9.53 Å². The van der Waals surface area contributed by atoms with E-state index in [9.17, 15) is 14.4 Å². The number of aromatic nitrogens is 1. The van der Waals surface area contributed by atoms with Gasteiger partial charge < -0.3 is 19.7 Å². The third-order valence-electron chi connectivity index (χ3n) is 5.77. The van der Waals surface area contributed by atoms with Crippen LogP contribution in [-0.4, -0.2) is 41.4 Å². The van der Waals surface area contributed by atoms with Gasteiger partial charge in [-0.25, -0.2) is 4.79 Å². The lowest BCUT2D eigenvalue weighted by molar-refractivity contribution is -0.137. The van der Waals surface area contributed by atoms with E-state index in [4.69, 9.17) is 14.4 Å². The van der Waals surface area contributed by atoms with Crippen molar-refractivity contribution in [3.8, 4) is 11.1 Å². The van der Waals surface area contributed by atoms with E-state index in [-0.39, 0.29) is 36.4 Å². The lowest BCUT2D eigenvalue weighted by Crippen LogP contribution is -2.28. The molecular weight excluding hydrogens is 438 g/mol. The third kappa shape index (κ3) is 5.25. The van der Waals surface area contributed by atoms with E-state index in [0.717, 1.165) is 22.3 Å². The van der Waals surface area contributed by atoms with Crippen molar-refractivity contribution in [3.63, 3.8) is 0 Å². The van der Waals surface area contributed by atoms with E-state index in [2.05, 4.69) is 27.9 Å². The van der Waals surface area contributed by atoms with Crippen LogP contribution in [0.25, 0.3) is 11.1 Å². The first-order valence-corrected chi connectivity index (χ1v) is 11.0. The highest BCUT2D eigenvalue weighted by atomic mass is 16.6. The number of benzene rings is 2. The predicted octanol–water partition coefficient (Wildman–Crippen LogP) is 4.27. The van der Waals surface area contributed by atoms with Crippen LogP contribution in [0.4, 0.5) is 10.7 Å². The molecule has 0 bridgehead atoms. The lowest BCUT2D eigenvalue weighted by Gasteiger charge is -2.13. The number of nitrogens with one attached hydrogen (secondary N) is 2. The fourth-order valence-electron chi connectivity index (χ4n) is 4.01. The standard InChI is InChI=1S/C25H25N3O6/c1-15(10-11-23(29)30)13-26-24(31)21-12-22(34-28-21)27-25(32)33-14-20-18-8-4-2-6-16(18)17-7-3-5-9-19(17)20/h2-9,12,15,20H,10-11,13-14H2,1H3,(H,26,31)(H,27,32)(H,29,30). The van der Waals surface area contributed by atoms with Crippen molar-refractivity contribution >= 4 is 23.9 Å². The number of fused-ring (bicyclic) bond motifs is 3. The maximum Gasteiger partial charge on any atom is 0.414 e. The van der Waals surface area contributed by atoms with Crippen molar-refractivity contribution in [1.82, 2.24) is 10.5 Å². The number of aliphatic carboxylic acids is 1. The minimum absolute atomic E-state index is 0.000572. The quantitative estimate of drug-likeness (QED) is 0.432. The van der Waals surface area contributed by atoms with Crippen LogP contribution in [0.1, 0.15) is 47.3 Å². The molecule has 0 fully saturated rings. The monoisotopic (exact) mass is 463 g/mol. The first-order chi connectivity index (χ1) is 16.4. The van der Waals surface area contributed by atoms with Gasteiger partial charge in [0.15, 0.2) is 5.69 Å². The average molecular weight is 463 g/mol. The van der Waals surface area contributed by atoms with Gasteiger partial charge in [0.2, 0.25) is 5.88 Å². The SMILES string of the molecule is CC(CCC(=O)O)CNC(=O)c1cc(NC(=O)OCC2c3ccccc3-c3ccccc32)on1. The number of nitrogens with zero attached hydrogens (tertiary/aromatic N) is 1. The van der Waals surface area contributed by atoms with Crippen molar-refractivity contribution in [2.75, 3.05) is 18.5 Å². The predicted molar refractivity (Wildman–Crippen MR) is 124 cm³/mol. The van der Waals surface area contributed by atoms with Crippen LogP contribution in [0, 0.1) is 5.92 Å². The first kappa shape index (κ1) is 23.0. The zero-order chi connectivity index (χ0) is 24.1. The van der Waals surface area contributed by atoms with E-state index in [1.807, 2.05) is 43.3 Å². The van der Waals surface area contributed by atoms with E-state index in [1.165, 1.54) is 6.07 Å². The molecule has 4 rings (SSSR count). The van der Waals surface area contributed by atoms with E-state index < -0.39 is 18.0 Å². The highest BCUT2D eigenvalue weighted by molar-refractivity contribution is 5.93. The molecule has 34 heavy (non-hydrogen) atoms. The number of ether oxygens (including phenoxy) is 1. The number of anilines is 1. The molecule has 0 aliphatic heterocycles. The second-order valence-electron chi connectivity index (χ2n) is 8.27. The zero-order valence-corrected chi connectivity index (χ0v) is 18.6. The Morgan fingerprint density at radius 3 is 2.38 bits per heavy atom. The van der Waals surface area contributed by atoms with E-state index in [0.29, 0.717) is 13.0 Å². The third-order valence-corrected chi connectivity index (χ3v) is 5.77. The normalized spacial score (nSPS) is 13.0. The van der Waals surface area contributed by atoms with Gasteiger partial charge in [-0.05, 0) is 34.6 Å². The minimum Gasteiger partial charge on any atom is -0.481 e. The van der Waals surface area contributed by atoms with Crippen LogP contribution in [0.5, 0.6) is 0 Å². The van der Waals surface area contributed by atoms with Gasteiger partial charge in [0.25, 0.3) is 5.91 Å². The van der Waals surface area contributed by atoms with Crippen molar-refractivity contribution in [1.29, 1.82) is 0 Å². The molecule has 9 nitrogen and oxygen atoms in total. The zero-order valence-electron chi connectivity index (χ0n) is 18.6. The molecule has 3 N–H and O–H groups in total. The molecule has 2 aromatic carbocycles. The van der Waals surface area contributed by atoms with Crippen molar-refractivity contribution in [3.05, 3.63) is 71.4 Å². The maximum atomic E-state index is 12.3. The molecule has 1 unspecified atom stereocenters. The Morgan fingerprint density at radius 2 is 1.74 bits per heavy atom. The van der Waals surface area contributed by atoms with Gasteiger partial charge in [0, 0.05) is 24.9 Å². The molecule has 1 aliphatic rings. The van der Waals surface area contributed by atoms with Crippen LogP contribution in [0.15, 0.2) is 59.1 Å². The number of carboxylic acid groups (broad SMARTS) is 1. The molecule has 1 heterocycles. The molecular formula is C25H25N3O6. The molecule has 0 spiro atoms. The first-order valence-electron chi connectivity index (χ1n) is 11.0. The van der Waals surface area contributed by atoms with Gasteiger partial charge in [0.1, 0.15) is 6.61 Å².